The van der Waals surface area contributed by atoms with Crippen LogP contribution in [0.5, 0.6) is 0 Å². The number of rotatable bonds is 5. The highest BCUT2D eigenvalue weighted by atomic mass is 16.4. The highest BCUT2D eigenvalue weighted by Gasteiger charge is 2.34. The first-order valence-corrected chi connectivity index (χ1v) is 5.62. The third-order valence-corrected chi connectivity index (χ3v) is 3.05. The monoisotopic (exact) mass is 221 g/mol. The number of carboxylic acid groups (broad SMARTS) is 1. The van der Waals surface area contributed by atoms with E-state index in [-0.39, 0.29) is 0 Å². The number of hydrogen-bond acceptors (Lipinski definition) is 2. The van der Waals surface area contributed by atoms with Crippen LogP contribution in [0.3, 0.4) is 0 Å². The van der Waals surface area contributed by atoms with Gasteiger partial charge in [0, 0.05) is 5.69 Å². The van der Waals surface area contributed by atoms with Gasteiger partial charge in [-0.25, -0.2) is 4.79 Å². The molecule has 0 aliphatic carbocycles. The van der Waals surface area contributed by atoms with E-state index in [0.717, 1.165) is 5.69 Å². The van der Waals surface area contributed by atoms with Crippen molar-refractivity contribution in [2.24, 2.45) is 0 Å². The molecule has 1 aromatic carbocycles. The van der Waals surface area contributed by atoms with E-state index in [0.29, 0.717) is 12.8 Å². The average Bonchev–Trinajstić information content (AvgIpc) is 2.28. The van der Waals surface area contributed by atoms with Crippen molar-refractivity contribution in [3.05, 3.63) is 29.8 Å². The lowest BCUT2D eigenvalue weighted by molar-refractivity contribution is -0.142. The second kappa shape index (κ2) is 5.01. The van der Waals surface area contributed by atoms with E-state index in [1.807, 2.05) is 45.0 Å². The van der Waals surface area contributed by atoms with Crippen molar-refractivity contribution in [3.63, 3.8) is 0 Å². The normalized spacial score (nSPS) is 11.2. The van der Waals surface area contributed by atoms with Crippen LogP contribution in [0.25, 0.3) is 0 Å². The molecule has 0 radical (unpaired) electrons. The van der Waals surface area contributed by atoms with Crippen LogP contribution in [0.2, 0.25) is 0 Å². The van der Waals surface area contributed by atoms with E-state index in [4.69, 9.17) is 0 Å². The smallest absolute Gasteiger partial charge is 0.329 e. The number of aliphatic carboxylic acids is 1. The van der Waals surface area contributed by atoms with Gasteiger partial charge in [0.05, 0.1) is 0 Å². The maximum Gasteiger partial charge on any atom is 0.329 e. The molecule has 0 heterocycles. The van der Waals surface area contributed by atoms with Crippen LogP contribution in [0.1, 0.15) is 32.3 Å². The predicted molar refractivity (Wildman–Crippen MR) is 65.8 cm³/mol. The molecule has 0 aromatic heterocycles. The van der Waals surface area contributed by atoms with Gasteiger partial charge in [-0.15, -0.1) is 0 Å². The van der Waals surface area contributed by atoms with Crippen LogP contribution >= 0.6 is 0 Å². The first kappa shape index (κ1) is 12.6. The van der Waals surface area contributed by atoms with Gasteiger partial charge < -0.3 is 10.4 Å². The first-order chi connectivity index (χ1) is 7.54. The number of aryl methyl sites for hydroxylation is 1. The van der Waals surface area contributed by atoms with Gasteiger partial charge in [0.2, 0.25) is 0 Å². The number of nitrogens with one attached hydrogen (secondary N) is 1. The van der Waals surface area contributed by atoms with Crippen LogP contribution in [0.4, 0.5) is 5.69 Å². The topological polar surface area (TPSA) is 49.3 Å². The molecule has 0 saturated carbocycles. The number of carbonyl (C=O) groups is 1. The molecule has 1 aromatic rings. The Morgan fingerprint density at radius 2 is 1.75 bits per heavy atom. The number of benzene rings is 1. The zero-order chi connectivity index (χ0) is 12.2. The van der Waals surface area contributed by atoms with Crippen molar-refractivity contribution in [2.45, 2.75) is 39.2 Å². The molecule has 88 valence electrons. The fourth-order valence-electron chi connectivity index (χ4n) is 1.70. The largest absolute Gasteiger partial charge is 0.480 e. The highest BCUT2D eigenvalue weighted by molar-refractivity contribution is 5.82. The SMILES string of the molecule is CCC(CC)(Nc1ccc(C)cc1)C(=O)O. The molecular formula is C13H19NO2. The van der Waals surface area contributed by atoms with Crippen LogP contribution in [0, 0.1) is 6.92 Å². The first-order valence-electron chi connectivity index (χ1n) is 5.62. The molecule has 0 spiro atoms. The minimum Gasteiger partial charge on any atom is -0.480 e. The summed E-state index contributed by atoms with van der Waals surface area (Å²) in [5.74, 6) is -0.793. The van der Waals surface area contributed by atoms with Crippen LogP contribution in [0.15, 0.2) is 24.3 Å². The van der Waals surface area contributed by atoms with Gasteiger partial charge in [-0.1, -0.05) is 31.5 Å². The molecule has 3 nitrogen and oxygen atoms in total. The Bertz CT molecular complexity index is 353. The van der Waals surface area contributed by atoms with E-state index >= 15 is 0 Å². The Morgan fingerprint density at radius 3 is 2.12 bits per heavy atom. The molecule has 0 atom stereocenters. The molecule has 0 saturated heterocycles. The minimum atomic E-state index is -0.852. The summed E-state index contributed by atoms with van der Waals surface area (Å²) in [7, 11) is 0. The summed E-state index contributed by atoms with van der Waals surface area (Å²) in [4.78, 5) is 11.3. The van der Waals surface area contributed by atoms with Crippen LogP contribution in [-0.4, -0.2) is 16.6 Å². The summed E-state index contributed by atoms with van der Waals surface area (Å²) in [6.07, 6.45) is 1.12. The molecule has 1 rings (SSSR count). The molecule has 0 fully saturated rings. The third kappa shape index (κ3) is 2.54. The zero-order valence-corrected chi connectivity index (χ0v) is 10.1. The van der Waals surface area contributed by atoms with Gasteiger partial charge in [-0.2, -0.15) is 0 Å². The van der Waals surface area contributed by atoms with E-state index in [2.05, 4.69) is 5.32 Å². The maximum atomic E-state index is 11.3. The third-order valence-electron chi connectivity index (χ3n) is 3.05. The number of carboxylic acids is 1. The van der Waals surface area contributed by atoms with Gasteiger partial charge in [-0.3, -0.25) is 0 Å². The van der Waals surface area contributed by atoms with Crippen molar-refractivity contribution < 1.29 is 9.90 Å². The summed E-state index contributed by atoms with van der Waals surface area (Å²) >= 11 is 0. The highest BCUT2D eigenvalue weighted by Crippen LogP contribution is 2.22. The molecule has 0 aliphatic rings. The summed E-state index contributed by atoms with van der Waals surface area (Å²) in [6.45, 7) is 5.78. The van der Waals surface area contributed by atoms with Crippen LogP contribution < -0.4 is 5.32 Å². The van der Waals surface area contributed by atoms with E-state index in [9.17, 15) is 9.90 Å². The molecule has 0 unspecified atom stereocenters. The molecule has 2 N–H and O–H groups in total. The number of hydrogen-bond donors (Lipinski definition) is 2. The van der Waals surface area contributed by atoms with E-state index < -0.39 is 11.5 Å². The Hall–Kier alpha value is -1.51. The van der Waals surface area contributed by atoms with E-state index in [1.165, 1.54) is 5.56 Å². The minimum absolute atomic E-state index is 0.562. The Balaban J connectivity index is 2.91. The molecular weight excluding hydrogens is 202 g/mol. The van der Waals surface area contributed by atoms with Crippen molar-refractivity contribution >= 4 is 11.7 Å². The lowest BCUT2D eigenvalue weighted by Gasteiger charge is -2.29. The predicted octanol–water partition coefficient (Wildman–Crippen LogP) is 3.05. The molecule has 0 bridgehead atoms. The summed E-state index contributed by atoms with van der Waals surface area (Å²) in [6, 6.07) is 7.78. The lowest BCUT2D eigenvalue weighted by Crippen LogP contribution is -2.45. The summed E-state index contributed by atoms with van der Waals surface area (Å²) in [5, 5.41) is 12.4. The fraction of sp³-hybridized carbons (Fsp3) is 0.462. The van der Waals surface area contributed by atoms with Crippen molar-refractivity contribution in [1.82, 2.24) is 0 Å². The summed E-state index contributed by atoms with van der Waals surface area (Å²) in [5.41, 5.74) is 1.17. The van der Waals surface area contributed by atoms with E-state index in [1.54, 1.807) is 0 Å². The molecule has 3 heteroatoms. The second-order valence-corrected chi connectivity index (χ2v) is 4.09. The van der Waals surface area contributed by atoms with Gasteiger partial charge >= 0.3 is 5.97 Å². The Kier molecular flexibility index (Phi) is 3.93. The van der Waals surface area contributed by atoms with Crippen LogP contribution in [-0.2, 0) is 4.79 Å². The van der Waals surface area contributed by atoms with Gasteiger partial charge in [0.25, 0.3) is 0 Å². The fourth-order valence-corrected chi connectivity index (χ4v) is 1.70. The standard InChI is InChI=1S/C13H19NO2/c1-4-13(5-2,12(15)16)14-11-8-6-10(3)7-9-11/h6-9,14H,4-5H2,1-3H3,(H,15,16). The summed E-state index contributed by atoms with van der Waals surface area (Å²) < 4.78 is 0. The number of anilines is 1. The molecule has 16 heavy (non-hydrogen) atoms. The second-order valence-electron chi connectivity index (χ2n) is 4.09. The van der Waals surface area contributed by atoms with Crippen molar-refractivity contribution in [2.75, 3.05) is 5.32 Å². The zero-order valence-electron chi connectivity index (χ0n) is 10.1. The maximum absolute atomic E-state index is 11.3. The van der Waals surface area contributed by atoms with Crippen molar-refractivity contribution in [3.8, 4) is 0 Å². The lowest BCUT2D eigenvalue weighted by atomic mass is 9.92. The Morgan fingerprint density at radius 1 is 1.25 bits per heavy atom. The molecule has 0 aliphatic heterocycles. The van der Waals surface area contributed by atoms with Crippen molar-refractivity contribution in [1.29, 1.82) is 0 Å². The average molecular weight is 221 g/mol. The molecule has 0 amide bonds. The quantitative estimate of drug-likeness (QED) is 0.803. The van der Waals surface area contributed by atoms with Gasteiger partial charge in [0.15, 0.2) is 0 Å². The van der Waals surface area contributed by atoms with Gasteiger partial charge in [0.1, 0.15) is 5.54 Å². The Labute approximate surface area is 96.5 Å². The van der Waals surface area contributed by atoms with Gasteiger partial charge in [-0.05, 0) is 31.9 Å².